The highest BCUT2D eigenvalue weighted by Gasteiger charge is 2.35. The van der Waals surface area contributed by atoms with E-state index >= 15 is 0 Å². The summed E-state index contributed by atoms with van der Waals surface area (Å²) < 4.78 is 19.1. The maximum atomic E-state index is 14.2. The molecule has 226 valence electrons. The van der Waals surface area contributed by atoms with Gasteiger partial charge in [0, 0.05) is 16.1 Å². The molecular formula is C36H29ClN2O5S. The number of methoxy groups -OCH3 is 1. The van der Waals surface area contributed by atoms with Crippen molar-refractivity contribution in [3.63, 3.8) is 0 Å². The van der Waals surface area contributed by atoms with Crippen LogP contribution in [0.5, 0.6) is 11.5 Å². The lowest BCUT2D eigenvalue weighted by Crippen LogP contribution is -2.40. The smallest absolute Gasteiger partial charge is 0.338 e. The van der Waals surface area contributed by atoms with Gasteiger partial charge in [0.2, 0.25) is 0 Å². The first-order valence-electron chi connectivity index (χ1n) is 14.4. The third kappa shape index (κ3) is 6.34. The number of rotatable bonds is 9. The van der Waals surface area contributed by atoms with Gasteiger partial charge in [-0.2, -0.15) is 0 Å². The highest BCUT2D eigenvalue weighted by Crippen LogP contribution is 2.36. The average molecular weight is 637 g/mol. The number of ether oxygens (including phenoxy) is 3. The molecule has 1 aliphatic rings. The number of benzene rings is 4. The monoisotopic (exact) mass is 636 g/mol. The Morgan fingerprint density at radius 3 is 2.49 bits per heavy atom. The third-order valence-corrected chi connectivity index (χ3v) is 8.64. The SMILES string of the molecule is CCOC(=O)C1=C(c2ccccc2)N=c2s/c(=C/c3cccc(OCc4ccccc4Cl)c3)c(=O)n2[C@H]1c1cccc(OC)c1. The summed E-state index contributed by atoms with van der Waals surface area (Å²) in [5, 5.41) is 0.636. The van der Waals surface area contributed by atoms with Crippen LogP contribution >= 0.6 is 22.9 Å². The van der Waals surface area contributed by atoms with Crippen molar-refractivity contribution in [3.8, 4) is 11.5 Å². The van der Waals surface area contributed by atoms with Gasteiger partial charge in [-0.15, -0.1) is 0 Å². The van der Waals surface area contributed by atoms with Crippen LogP contribution in [0.25, 0.3) is 11.8 Å². The van der Waals surface area contributed by atoms with Gasteiger partial charge in [-0.05, 0) is 54.5 Å². The Morgan fingerprint density at radius 2 is 1.71 bits per heavy atom. The lowest BCUT2D eigenvalue weighted by Gasteiger charge is -2.26. The molecule has 1 aromatic heterocycles. The minimum Gasteiger partial charge on any atom is -0.497 e. The molecule has 45 heavy (non-hydrogen) atoms. The first-order chi connectivity index (χ1) is 22.0. The van der Waals surface area contributed by atoms with E-state index in [2.05, 4.69) is 0 Å². The number of esters is 1. The summed E-state index contributed by atoms with van der Waals surface area (Å²) in [5.74, 6) is 0.705. The van der Waals surface area contributed by atoms with Gasteiger partial charge in [-0.1, -0.05) is 95.7 Å². The van der Waals surface area contributed by atoms with E-state index in [4.69, 9.17) is 30.8 Å². The number of carbonyl (C=O) groups is 1. The normalized spacial score (nSPS) is 14.5. The van der Waals surface area contributed by atoms with E-state index in [0.29, 0.717) is 43.7 Å². The Bertz CT molecular complexity index is 2080. The van der Waals surface area contributed by atoms with Crippen LogP contribution in [-0.2, 0) is 16.1 Å². The van der Waals surface area contributed by atoms with Gasteiger partial charge in [0.05, 0.1) is 35.6 Å². The molecule has 0 radical (unpaired) electrons. The van der Waals surface area contributed by atoms with Crippen LogP contribution in [0.1, 0.15) is 35.2 Å². The van der Waals surface area contributed by atoms with Crippen molar-refractivity contribution < 1.29 is 19.0 Å². The Hall–Kier alpha value is -4.92. The Balaban J connectivity index is 1.49. The summed E-state index contributed by atoms with van der Waals surface area (Å²) in [6.07, 6.45) is 1.81. The molecule has 0 saturated carbocycles. The second-order valence-electron chi connectivity index (χ2n) is 10.2. The molecule has 1 atom stereocenters. The largest absolute Gasteiger partial charge is 0.497 e. The Labute approximate surface area is 268 Å². The molecule has 0 spiro atoms. The van der Waals surface area contributed by atoms with Gasteiger partial charge in [0.25, 0.3) is 5.56 Å². The van der Waals surface area contributed by atoms with Crippen LogP contribution < -0.4 is 24.4 Å². The summed E-state index contributed by atoms with van der Waals surface area (Å²) in [7, 11) is 1.58. The van der Waals surface area contributed by atoms with Crippen molar-refractivity contribution in [3.05, 3.63) is 156 Å². The van der Waals surface area contributed by atoms with Crippen LogP contribution in [-0.4, -0.2) is 24.3 Å². The number of thiazole rings is 1. The lowest BCUT2D eigenvalue weighted by atomic mass is 9.93. The molecule has 0 saturated heterocycles. The van der Waals surface area contributed by atoms with E-state index in [1.165, 1.54) is 11.3 Å². The quantitative estimate of drug-likeness (QED) is 0.181. The summed E-state index contributed by atoms with van der Waals surface area (Å²) in [6.45, 7) is 2.24. The van der Waals surface area contributed by atoms with E-state index < -0.39 is 12.0 Å². The fourth-order valence-corrected chi connectivity index (χ4v) is 6.38. The molecule has 9 heteroatoms. The number of hydrogen-bond donors (Lipinski definition) is 0. The van der Waals surface area contributed by atoms with Gasteiger partial charge >= 0.3 is 5.97 Å². The van der Waals surface area contributed by atoms with Gasteiger partial charge in [-0.3, -0.25) is 9.36 Å². The summed E-state index contributed by atoms with van der Waals surface area (Å²) >= 11 is 7.56. The Kier molecular flexibility index (Phi) is 8.96. The molecule has 0 unspecified atom stereocenters. The second kappa shape index (κ2) is 13.4. The van der Waals surface area contributed by atoms with Crippen molar-refractivity contribution in [1.82, 2.24) is 4.57 Å². The number of carbonyl (C=O) groups excluding carboxylic acids is 1. The molecule has 0 aliphatic carbocycles. The minimum absolute atomic E-state index is 0.175. The molecule has 2 heterocycles. The van der Waals surface area contributed by atoms with Crippen molar-refractivity contribution in [2.45, 2.75) is 19.6 Å². The number of hydrogen-bond acceptors (Lipinski definition) is 7. The zero-order chi connectivity index (χ0) is 31.3. The standard InChI is InChI=1S/C36H29ClN2O5S/c1-3-43-35(41)31-32(24-12-5-4-6-13-24)38-36-39(33(31)25-15-10-16-27(21-25)42-2)34(40)30(45-36)20-23-11-9-17-28(19-23)44-22-26-14-7-8-18-29(26)37/h4-21,33H,3,22H2,1-2H3/b30-20+/t33-/m0/s1. The average Bonchev–Trinajstić information content (AvgIpc) is 3.38. The highest BCUT2D eigenvalue weighted by atomic mass is 35.5. The zero-order valence-corrected chi connectivity index (χ0v) is 26.2. The summed E-state index contributed by atoms with van der Waals surface area (Å²) in [4.78, 5) is 33.2. The van der Waals surface area contributed by atoms with Crippen molar-refractivity contribution >= 4 is 40.7 Å². The predicted molar refractivity (Wildman–Crippen MR) is 176 cm³/mol. The van der Waals surface area contributed by atoms with Crippen LogP contribution in [0.15, 0.2) is 118 Å². The molecule has 5 aromatic rings. The number of halogens is 1. The zero-order valence-electron chi connectivity index (χ0n) is 24.6. The van der Waals surface area contributed by atoms with Crippen molar-refractivity contribution in [2.75, 3.05) is 13.7 Å². The van der Waals surface area contributed by atoms with Crippen LogP contribution in [0.4, 0.5) is 0 Å². The van der Waals surface area contributed by atoms with Gasteiger partial charge in [0.1, 0.15) is 18.1 Å². The fourth-order valence-electron chi connectivity index (χ4n) is 5.19. The number of nitrogens with zero attached hydrogens (tertiary/aromatic N) is 2. The second-order valence-corrected chi connectivity index (χ2v) is 11.6. The van der Waals surface area contributed by atoms with E-state index in [0.717, 1.165) is 16.7 Å². The molecule has 0 amide bonds. The topological polar surface area (TPSA) is 79.1 Å². The van der Waals surface area contributed by atoms with Gasteiger partial charge in [0.15, 0.2) is 4.80 Å². The number of aromatic nitrogens is 1. The van der Waals surface area contributed by atoms with Crippen LogP contribution in [0, 0.1) is 0 Å². The molecule has 6 rings (SSSR count). The van der Waals surface area contributed by atoms with E-state index in [9.17, 15) is 9.59 Å². The highest BCUT2D eigenvalue weighted by molar-refractivity contribution is 7.07. The van der Waals surface area contributed by atoms with E-state index in [1.54, 1.807) is 18.6 Å². The molecule has 0 N–H and O–H groups in total. The van der Waals surface area contributed by atoms with Crippen LogP contribution in [0.3, 0.4) is 0 Å². The van der Waals surface area contributed by atoms with E-state index in [1.807, 2.05) is 109 Å². The molecule has 0 bridgehead atoms. The Morgan fingerprint density at radius 1 is 0.956 bits per heavy atom. The first kappa shape index (κ1) is 30.1. The lowest BCUT2D eigenvalue weighted by molar-refractivity contribution is -0.138. The molecular weight excluding hydrogens is 608 g/mol. The minimum atomic E-state index is -0.793. The first-order valence-corrected chi connectivity index (χ1v) is 15.5. The van der Waals surface area contributed by atoms with E-state index in [-0.39, 0.29) is 17.7 Å². The molecule has 0 fully saturated rings. The number of fused-ring (bicyclic) bond motifs is 1. The van der Waals surface area contributed by atoms with Crippen molar-refractivity contribution in [1.29, 1.82) is 0 Å². The third-order valence-electron chi connectivity index (χ3n) is 7.29. The fraction of sp³-hybridized carbons (Fsp3) is 0.139. The van der Waals surface area contributed by atoms with Crippen molar-refractivity contribution in [2.24, 2.45) is 4.99 Å². The molecule has 4 aromatic carbocycles. The van der Waals surface area contributed by atoms with Gasteiger partial charge < -0.3 is 14.2 Å². The predicted octanol–water partition coefficient (Wildman–Crippen LogP) is 6.18. The summed E-state index contributed by atoms with van der Waals surface area (Å²) in [5.41, 5.74) is 3.57. The maximum absolute atomic E-state index is 14.2. The summed E-state index contributed by atoms with van der Waals surface area (Å²) in [6, 6.07) is 31.0. The molecule has 1 aliphatic heterocycles. The molecule has 7 nitrogen and oxygen atoms in total. The van der Waals surface area contributed by atoms with Gasteiger partial charge in [-0.25, -0.2) is 9.79 Å². The van der Waals surface area contributed by atoms with Crippen LogP contribution in [0.2, 0.25) is 5.02 Å². The maximum Gasteiger partial charge on any atom is 0.338 e.